The largest absolute Gasteiger partial charge is 0.482 e. The highest BCUT2D eigenvalue weighted by Gasteiger charge is 2.27. The van der Waals surface area contributed by atoms with E-state index in [1.807, 2.05) is 0 Å². The molecule has 0 aromatic heterocycles. The highest BCUT2D eigenvalue weighted by atomic mass is 35.5. The van der Waals surface area contributed by atoms with Crippen LogP contribution in [0.3, 0.4) is 0 Å². The Morgan fingerprint density at radius 2 is 1.92 bits per heavy atom. The van der Waals surface area contributed by atoms with Crippen molar-refractivity contribution in [1.82, 2.24) is 4.90 Å². The smallest absolute Gasteiger partial charge is 0.344 e. The molecule has 0 radical (unpaired) electrons. The van der Waals surface area contributed by atoms with E-state index in [-0.39, 0.29) is 31.6 Å². The Balaban J connectivity index is 1.71. The minimum atomic E-state index is -0.651. The van der Waals surface area contributed by atoms with Crippen LogP contribution in [0.2, 0.25) is 5.02 Å². The van der Waals surface area contributed by atoms with E-state index < -0.39 is 11.9 Å². The number of halogens is 1. The minimum Gasteiger partial charge on any atom is -0.482 e. The van der Waals surface area contributed by atoms with Gasteiger partial charge in [0.2, 0.25) is 5.91 Å². The second-order valence-corrected chi connectivity index (χ2v) is 5.92. The summed E-state index contributed by atoms with van der Waals surface area (Å²) in [4.78, 5) is 36.3. The Morgan fingerprint density at radius 3 is 2.58 bits per heavy atom. The van der Waals surface area contributed by atoms with Gasteiger partial charge in [0.25, 0.3) is 5.91 Å². The van der Waals surface area contributed by atoms with Crippen molar-refractivity contribution < 1.29 is 23.9 Å². The second-order valence-electron chi connectivity index (χ2n) is 5.48. The number of primary amides is 1. The lowest BCUT2D eigenvalue weighted by molar-refractivity contribution is -0.154. The van der Waals surface area contributed by atoms with Crippen LogP contribution < -0.4 is 10.5 Å². The molecule has 2 amide bonds. The van der Waals surface area contributed by atoms with Crippen molar-refractivity contribution in [3.05, 3.63) is 29.3 Å². The first-order valence-corrected chi connectivity index (χ1v) is 7.94. The number of carbonyl (C=O) groups is 3. The molecule has 0 saturated carbocycles. The van der Waals surface area contributed by atoms with Gasteiger partial charge < -0.3 is 20.1 Å². The Hall–Kier alpha value is -2.28. The molecule has 1 aromatic rings. The van der Waals surface area contributed by atoms with E-state index in [9.17, 15) is 14.4 Å². The van der Waals surface area contributed by atoms with Crippen LogP contribution in [0.1, 0.15) is 12.8 Å². The molecule has 2 N–H and O–H groups in total. The quantitative estimate of drug-likeness (QED) is 0.768. The zero-order valence-electron chi connectivity index (χ0n) is 13.1. The molecule has 7 nitrogen and oxygen atoms in total. The van der Waals surface area contributed by atoms with E-state index >= 15 is 0 Å². The Labute approximate surface area is 144 Å². The van der Waals surface area contributed by atoms with Crippen LogP contribution in [0.4, 0.5) is 0 Å². The minimum absolute atomic E-state index is 0.271. The average Bonchev–Trinajstić information content (AvgIpc) is 2.59. The normalized spacial score (nSPS) is 17.2. The summed E-state index contributed by atoms with van der Waals surface area (Å²) in [5.41, 5.74) is 5.27. The summed E-state index contributed by atoms with van der Waals surface area (Å²) in [6.45, 7) is 0.113. The van der Waals surface area contributed by atoms with Gasteiger partial charge in [0.05, 0.1) is 5.92 Å². The van der Waals surface area contributed by atoms with Crippen LogP contribution in [-0.2, 0) is 19.1 Å². The molecule has 130 valence electrons. The van der Waals surface area contributed by atoms with Gasteiger partial charge in [-0.3, -0.25) is 9.59 Å². The van der Waals surface area contributed by atoms with Crippen LogP contribution in [0, 0.1) is 5.92 Å². The third kappa shape index (κ3) is 5.42. The molecule has 1 aliphatic heterocycles. The monoisotopic (exact) mass is 354 g/mol. The number of nitrogens with two attached hydrogens (primary N) is 1. The molecule has 24 heavy (non-hydrogen) atoms. The fourth-order valence-corrected chi connectivity index (χ4v) is 2.51. The van der Waals surface area contributed by atoms with Crippen LogP contribution in [-0.4, -0.2) is 49.0 Å². The van der Waals surface area contributed by atoms with E-state index in [1.165, 1.54) is 4.90 Å². The van der Waals surface area contributed by atoms with Gasteiger partial charge in [-0.2, -0.15) is 0 Å². The third-order valence-corrected chi connectivity index (χ3v) is 3.96. The molecule has 1 saturated heterocycles. The number of hydrogen-bond acceptors (Lipinski definition) is 5. The van der Waals surface area contributed by atoms with Gasteiger partial charge in [-0.15, -0.1) is 0 Å². The highest BCUT2D eigenvalue weighted by Crippen LogP contribution is 2.17. The van der Waals surface area contributed by atoms with E-state index in [4.69, 9.17) is 26.8 Å². The number of hydrogen-bond donors (Lipinski definition) is 1. The van der Waals surface area contributed by atoms with Crippen LogP contribution >= 0.6 is 11.6 Å². The van der Waals surface area contributed by atoms with Gasteiger partial charge in [0.1, 0.15) is 5.75 Å². The summed E-state index contributed by atoms with van der Waals surface area (Å²) < 4.78 is 10.1. The summed E-state index contributed by atoms with van der Waals surface area (Å²) in [6, 6.07) is 6.52. The van der Waals surface area contributed by atoms with Crippen molar-refractivity contribution in [2.75, 3.05) is 26.3 Å². The molecule has 2 rings (SSSR count). The molecule has 0 unspecified atom stereocenters. The van der Waals surface area contributed by atoms with Gasteiger partial charge in [0.15, 0.2) is 13.2 Å². The van der Waals surface area contributed by atoms with Crippen molar-refractivity contribution in [3.8, 4) is 5.75 Å². The Kier molecular flexibility index (Phi) is 6.43. The summed E-state index contributed by atoms with van der Waals surface area (Å²) in [5.74, 6) is -1.28. The maximum absolute atomic E-state index is 12.0. The summed E-state index contributed by atoms with van der Waals surface area (Å²) >= 11 is 5.74. The van der Waals surface area contributed by atoms with Gasteiger partial charge in [0, 0.05) is 18.1 Å². The van der Waals surface area contributed by atoms with Crippen LogP contribution in [0.15, 0.2) is 24.3 Å². The predicted molar refractivity (Wildman–Crippen MR) is 86.4 cm³/mol. The van der Waals surface area contributed by atoms with Crippen LogP contribution in [0.25, 0.3) is 0 Å². The number of amides is 2. The number of likely N-dealkylation sites (tertiary alicyclic amines) is 1. The van der Waals surface area contributed by atoms with Crippen molar-refractivity contribution in [2.45, 2.75) is 12.8 Å². The van der Waals surface area contributed by atoms with Gasteiger partial charge in [-0.25, -0.2) is 4.79 Å². The third-order valence-electron chi connectivity index (χ3n) is 3.70. The number of carbonyl (C=O) groups excluding carboxylic acids is 3. The summed E-state index contributed by atoms with van der Waals surface area (Å²) in [7, 11) is 0. The Bertz CT molecular complexity index is 605. The molecule has 0 spiro atoms. The maximum Gasteiger partial charge on any atom is 0.344 e. The van der Waals surface area contributed by atoms with E-state index in [2.05, 4.69) is 0 Å². The molecule has 0 bridgehead atoms. The molecule has 8 heteroatoms. The number of rotatable bonds is 6. The molecular formula is C16H19ClN2O5. The fraction of sp³-hybridized carbons (Fsp3) is 0.438. The van der Waals surface area contributed by atoms with E-state index in [0.29, 0.717) is 30.2 Å². The van der Waals surface area contributed by atoms with Gasteiger partial charge in [-0.05, 0) is 37.1 Å². The predicted octanol–water partition coefficient (Wildman–Crippen LogP) is 0.986. The van der Waals surface area contributed by atoms with Crippen molar-refractivity contribution in [2.24, 2.45) is 11.7 Å². The summed E-state index contributed by atoms with van der Waals surface area (Å²) in [5, 5.41) is 0.561. The fourth-order valence-electron chi connectivity index (χ4n) is 2.38. The molecule has 1 atom stereocenters. The summed E-state index contributed by atoms with van der Waals surface area (Å²) in [6.07, 6.45) is 1.38. The number of piperidine rings is 1. The van der Waals surface area contributed by atoms with E-state index in [0.717, 1.165) is 0 Å². The standard InChI is InChI=1S/C16H19ClN2O5/c17-12-3-5-13(6-4-12)23-10-15(21)24-9-14(20)19-7-1-2-11(8-19)16(18)22/h3-6,11H,1-2,7-10H2,(H2,18,22)/t11-/m1/s1. The lowest BCUT2D eigenvalue weighted by Gasteiger charge is -2.31. The number of nitrogens with zero attached hydrogens (tertiary/aromatic N) is 1. The SMILES string of the molecule is NC(=O)[C@@H]1CCCN(C(=O)COC(=O)COc2ccc(Cl)cc2)C1. The van der Waals surface area contributed by atoms with Crippen molar-refractivity contribution >= 4 is 29.4 Å². The van der Waals surface area contributed by atoms with Crippen LogP contribution in [0.5, 0.6) is 5.75 Å². The number of ether oxygens (including phenoxy) is 2. The highest BCUT2D eigenvalue weighted by molar-refractivity contribution is 6.30. The lowest BCUT2D eigenvalue weighted by atomic mass is 9.97. The molecule has 1 aromatic carbocycles. The zero-order valence-corrected chi connectivity index (χ0v) is 13.8. The number of esters is 1. The molecule has 1 fully saturated rings. The topological polar surface area (TPSA) is 98.9 Å². The lowest BCUT2D eigenvalue weighted by Crippen LogP contribution is -2.45. The molecule has 1 aliphatic rings. The zero-order chi connectivity index (χ0) is 17.5. The Morgan fingerprint density at radius 1 is 1.21 bits per heavy atom. The van der Waals surface area contributed by atoms with E-state index in [1.54, 1.807) is 24.3 Å². The second kappa shape index (κ2) is 8.54. The average molecular weight is 355 g/mol. The molecular weight excluding hydrogens is 336 g/mol. The first-order chi connectivity index (χ1) is 11.5. The van der Waals surface area contributed by atoms with Gasteiger partial charge >= 0.3 is 5.97 Å². The first-order valence-electron chi connectivity index (χ1n) is 7.57. The molecule has 1 heterocycles. The van der Waals surface area contributed by atoms with Gasteiger partial charge in [-0.1, -0.05) is 11.6 Å². The molecule has 0 aliphatic carbocycles. The van der Waals surface area contributed by atoms with Crippen molar-refractivity contribution in [3.63, 3.8) is 0 Å². The first kappa shape index (κ1) is 18.1. The maximum atomic E-state index is 12.0. The van der Waals surface area contributed by atoms with Crippen molar-refractivity contribution in [1.29, 1.82) is 0 Å². The number of benzene rings is 1.